The van der Waals surface area contributed by atoms with E-state index >= 15 is 0 Å². The zero-order chi connectivity index (χ0) is 11.6. The van der Waals surface area contributed by atoms with Crippen LogP contribution >= 0.6 is 0 Å². The Hall–Kier alpha value is -1.08. The molecule has 84 valence electrons. The molecule has 0 aliphatic heterocycles. The largest absolute Gasteiger partial charge is 0.0947 e. The molecule has 1 aromatic carbocycles. The van der Waals surface area contributed by atoms with E-state index in [1.807, 2.05) is 0 Å². The lowest BCUT2D eigenvalue weighted by Gasteiger charge is -2.15. The van der Waals surface area contributed by atoms with Gasteiger partial charge in [-0.25, -0.2) is 0 Å². The molecule has 1 aromatic rings. The van der Waals surface area contributed by atoms with Crippen LogP contribution in [0.25, 0.3) is 6.08 Å². The minimum Gasteiger partial charge on any atom is -0.0947 e. The molecule has 0 N–H and O–H groups in total. The Labute approximate surface area is 99.7 Å². The van der Waals surface area contributed by atoms with Crippen molar-refractivity contribution in [1.29, 1.82) is 0 Å². The van der Waals surface area contributed by atoms with E-state index in [1.165, 1.54) is 29.5 Å². The van der Waals surface area contributed by atoms with E-state index in [0.717, 1.165) is 0 Å². The summed E-state index contributed by atoms with van der Waals surface area (Å²) in [4.78, 5) is 0. The molecule has 2 rings (SSSR count). The second-order valence-electron chi connectivity index (χ2n) is 5.62. The van der Waals surface area contributed by atoms with Crippen molar-refractivity contribution in [3.05, 3.63) is 52.7 Å². The zero-order valence-electron chi connectivity index (χ0n) is 10.5. The molecule has 1 aliphatic rings. The third-order valence-corrected chi connectivity index (χ3v) is 4.04. The summed E-state index contributed by atoms with van der Waals surface area (Å²) in [5, 5.41) is 0. The van der Waals surface area contributed by atoms with Crippen LogP contribution in [0.2, 0.25) is 19.6 Å². The molecular weight excluding hydrogens is 208 g/mol. The maximum Gasteiger partial charge on any atom is 0.0687 e. The van der Waals surface area contributed by atoms with Crippen LogP contribution in [0.1, 0.15) is 17.5 Å². The Bertz CT molecular complexity index is 433. The summed E-state index contributed by atoms with van der Waals surface area (Å²) in [7, 11) is -1.05. The second-order valence-corrected chi connectivity index (χ2v) is 10.7. The fourth-order valence-corrected chi connectivity index (χ4v) is 2.66. The highest BCUT2D eigenvalue weighted by Gasteiger charge is 2.10. The van der Waals surface area contributed by atoms with E-state index in [0.29, 0.717) is 0 Å². The summed E-state index contributed by atoms with van der Waals surface area (Å²) in [6.45, 7) is 7.13. The standard InChI is InChI=1S/C15H20Si/c1-16(2,3)11-10-13-8-9-14-6-4-5-7-15(14)12-13/h4-7,10-12H,8-9H2,1-3H3/b11-10+. The van der Waals surface area contributed by atoms with Crippen molar-refractivity contribution in [3.63, 3.8) is 0 Å². The van der Waals surface area contributed by atoms with E-state index < -0.39 is 8.07 Å². The zero-order valence-corrected chi connectivity index (χ0v) is 11.5. The van der Waals surface area contributed by atoms with E-state index in [4.69, 9.17) is 0 Å². The van der Waals surface area contributed by atoms with Crippen molar-refractivity contribution in [1.82, 2.24) is 0 Å². The van der Waals surface area contributed by atoms with Crippen molar-refractivity contribution in [3.8, 4) is 0 Å². The Balaban J connectivity index is 2.22. The van der Waals surface area contributed by atoms with Gasteiger partial charge >= 0.3 is 0 Å². The Kier molecular flexibility index (Phi) is 3.15. The maximum atomic E-state index is 2.44. The molecule has 0 nitrogen and oxygen atoms in total. The topological polar surface area (TPSA) is 0 Å². The predicted molar refractivity (Wildman–Crippen MR) is 75.2 cm³/mol. The van der Waals surface area contributed by atoms with Crippen molar-refractivity contribution in [2.24, 2.45) is 0 Å². The highest BCUT2D eigenvalue weighted by atomic mass is 28.3. The molecule has 0 aromatic heterocycles. The summed E-state index contributed by atoms with van der Waals surface area (Å²) in [5.41, 5.74) is 6.82. The molecule has 0 saturated carbocycles. The van der Waals surface area contributed by atoms with Crippen LogP contribution < -0.4 is 0 Å². The molecule has 0 unspecified atom stereocenters. The lowest BCUT2D eigenvalue weighted by molar-refractivity contribution is 0.950. The number of allylic oxidation sites excluding steroid dienone is 2. The molecular formula is C15H20Si. The molecule has 1 heteroatoms. The number of aryl methyl sites for hydroxylation is 1. The summed E-state index contributed by atoms with van der Waals surface area (Å²) in [5.74, 6) is 0. The molecule has 0 fully saturated rings. The minimum absolute atomic E-state index is 1.05. The number of fused-ring (bicyclic) bond motifs is 1. The number of hydrogen-bond donors (Lipinski definition) is 0. The van der Waals surface area contributed by atoms with Crippen LogP contribution in [-0.4, -0.2) is 8.07 Å². The average molecular weight is 228 g/mol. The molecule has 0 bridgehead atoms. The van der Waals surface area contributed by atoms with Gasteiger partial charge < -0.3 is 0 Å². The van der Waals surface area contributed by atoms with Crippen molar-refractivity contribution in [2.75, 3.05) is 0 Å². The smallest absolute Gasteiger partial charge is 0.0687 e. The highest BCUT2D eigenvalue weighted by molar-refractivity contribution is 6.81. The lowest BCUT2D eigenvalue weighted by atomic mass is 9.92. The number of benzene rings is 1. The van der Waals surface area contributed by atoms with Crippen LogP contribution in [0.5, 0.6) is 0 Å². The van der Waals surface area contributed by atoms with Crippen molar-refractivity contribution < 1.29 is 0 Å². The van der Waals surface area contributed by atoms with Crippen LogP contribution in [0, 0.1) is 0 Å². The summed E-state index contributed by atoms with van der Waals surface area (Å²) < 4.78 is 0. The van der Waals surface area contributed by atoms with E-state index in [9.17, 15) is 0 Å². The van der Waals surface area contributed by atoms with E-state index in [-0.39, 0.29) is 0 Å². The van der Waals surface area contributed by atoms with Crippen LogP contribution in [0.15, 0.2) is 41.6 Å². The van der Waals surface area contributed by atoms with Gasteiger partial charge in [0, 0.05) is 0 Å². The molecule has 0 saturated heterocycles. The highest BCUT2D eigenvalue weighted by Crippen LogP contribution is 2.24. The van der Waals surface area contributed by atoms with Gasteiger partial charge in [-0.3, -0.25) is 0 Å². The Morgan fingerprint density at radius 2 is 1.81 bits per heavy atom. The molecule has 0 spiro atoms. The molecule has 0 atom stereocenters. The van der Waals surface area contributed by atoms with Gasteiger partial charge in [0.2, 0.25) is 0 Å². The predicted octanol–water partition coefficient (Wildman–Crippen LogP) is 4.45. The van der Waals surface area contributed by atoms with Gasteiger partial charge in [0.05, 0.1) is 8.07 Å². The van der Waals surface area contributed by atoms with Gasteiger partial charge in [-0.1, -0.05) is 61.8 Å². The first-order valence-corrected chi connectivity index (χ1v) is 9.60. The third kappa shape index (κ3) is 2.95. The number of rotatable bonds is 2. The van der Waals surface area contributed by atoms with E-state index in [2.05, 4.69) is 61.8 Å². The summed E-state index contributed by atoms with van der Waals surface area (Å²) in [6, 6.07) is 8.72. The summed E-state index contributed by atoms with van der Waals surface area (Å²) >= 11 is 0. The van der Waals surface area contributed by atoms with E-state index in [1.54, 1.807) is 0 Å². The third-order valence-electron chi connectivity index (χ3n) is 2.88. The molecule has 0 heterocycles. The van der Waals surface area contributed by atoms with Crippen LogP contribution in [-0.2, 0) is 6.42 Å². The minimum atomic E-state index is -1.05. The Morgan fingerprint density at radius 1 is 1.06 bits per heavy atom. The fourth-order valence-electron chi connectivity index (χ4n) is 1.94. The average Bonchev–Trinajstić information content (AvgIpc) is 2.25. The first-order chi connectivity index (χ1) is 7.54. The Morgan fingerprint density at radius 3 is 2.56 bits per heavy atom. The maximum absolute atomic E-state index is 2.44. The van der Waals surface area contributed by atoms with Crippen LogP contribution in [0.4, 0.5) is 0 Å². The normalized spacial score (nSPS) is 16.1. The molecule has 0 amide bonds. The van der Waals surface area contributed by atoms with Crippen LogP contribution in [0.3, 0.4) is 0 Å². The van der Waals surface area contributed by atoms with Gasteiger partial charge in [-0.15, -0.1) is 0 Å². The SMILES string of the molecule is C[Si](C)(C)/C=C/C1=Cc2ccccc2CC1. The van der Waals surface area contributed by atoms with Gasteiger partial charge in [0.25, 0.3) is 0 Å². The molecule has 0 radical (unpaired) electrons. The summed E-state index contributed by atoms with van der Waals surface area (Å²) in [6.07, 6.45) is 7.08. The first kappa shape index (κ1) is 11.4. The first-order valence-electron chi connectivity index (χ1n) is 6.02. The second kappa shape index (κ2) is 4.42. The quantitative estimate of drug-likeness (QED) is 0.656. The lowest BCUT2D eigenvalue weighted by Crippen LogP contribution is -2.15. The van der Waals surface area contributed by atoms with Gasteiger partial charge in [0.15, 0.2) is 0 Å². The van der Waals surface area contributed by atoms with Crippen molar-refractivity contribution in [2.45, 2.75) is 32.5 Å². The molecule has 1 aliphatic carbocycles. The fraction of sp³-hybridized carbons (Fsp3) is 0.333. The monoisotopic (exact) mass is 228 g/mol. The number of hydrogen-bond acceptors (Lipinski definition) is 0. The van der Waals surface area contributed by atoms with Crippen molar-refractivity contribution >= 4 is 14.1 Å². The molecule has 16 heavy (non-hydrogen) atoms. The van der Waals surface area contributed by atoms with Gasteiger partial charge in [-0.2, -0.15) is 0 Å². The van der Waals surface area contributed by atoms with Gasteiger partial charge in [-0.05, 0) is 29.5 Å². The van der Waals surface area contributed by atoms with Gasteiger partial charge in [0.1, 0.15) is 0 Å².